The molecule has 0 fully saturated rings. The second-order valence-corrected chi connectivity index (χ2v) is 6.28. The number of benzene rings is 1. The summed E-state index contributed by atoms with van der Waals surface area (Å²) >= 11 is 1.74. The molecule has 22 heavy (non-hydrogen) atoms. The van der Waals surface area contributed by atoms with Crippen molar-refractivity contribution < 1.29 is 4.92 Å². The predicted molar refractivity (Wildman–Crippen MR) is 89.5 cm³/mol. The fourth-order valence-corrected chi connectivity index (χ4v) is 3.39. The van der Waals surface area contributed by atoms with E-state index < -0.39 is 4.92 Å². The number of aryl methyl sites for hydroxylation is 1. The van der Waals surface area contributed by atoms with Gasteiger partial charge in [0.1, 0.15) is 12.0 Å². The Morgan fingerprint density at radius 1 is 1.32 bits per heavy atom. The molecule has 2 aromatic heterocycles. The molecule has 3 rings (SSSR count). The molecule has 0 spiro atoms. The smallest absolute Gasteiger partial charge is 0.290 e. The predicted octanol–water partition coefficient (Wildman–Crippen LogP) is 4.69. The number of aromatic nitrogens is 1. The number of pyridine rings is 1. The highest BCUT2D eigenvalue weighted by molar-refractivity contribution is 7.19. The van der Waals surface area contributed by atoms with Gasteiger partial charge in [0.25, 0.3) is 5.69 Å². The fourth-order valence-electron chi connectivity index (χ4n) is 2.33. The van der Waals surface area contributed by atoms with Crippen LogP contribution in [-0.4, -0.2) is 9.91 Å². The lowest BCUT2D eigenvalue weighted by Gasteiger charge is -2.13. The molecule has 0 aliphatic carbocycles. The summed E-state index contributed by atoms with van der Waals surface area (Å²) in [4.78, 5) is 15.7. The molecule has 0 aliphatic heterocycles. The van der Waals surface area contributed by atoms with Crippen LogP contribution in [0.2, 0.25) is 0 Å². The molecule has 5 nitrogen and oxygen atoms in total. The van der Waals surface area contributed by atoms with Crippen molar-refractivity contribution in [3.63, 3.8) is 0 Å². The van der Waals surface area contributed by atoms with Gasteiger partial charge in [0.2, 0.25) is 0 Å². The Labute approximate surface area is 131 Å². The molecule has 112 valence electrons. The molecular formula is C16H15N3O2S. The number of nitro groups is 1. The molecular weight excluding hydrogens is 298 g/mol. The third-order valence-electron chi connectivity index (χ3n) is 3.52. The summed E-state index contributed by atoms with van der Waals surface area (Å²) < 4.78 is 1.25. The van der Waals surface area contributed by atoms with Gasteiger partial charge in [-0.05, 0) is 37.4 Å². The van der Waals surface area contributed by atoms with Crippen LogP contribution in [0.15, 0.2) is 42.6 Å². The van der Waals surface area contributed by atoms with E-state index in [-0.39, 0.29) is 11.7 Å². The maximum absolute atomic E-state index is 10.8. The van der Waals surface area contributed by atoms with Crippen molar-refractivity contribution in [2.45, 2.75) is 19.9 Å². The van der Waals surface area contributed by atoms with E-state index in [1.165, 1.54) is 21.2 Å². The zero-order valence-corrected chi connectivity index (χ0v) is 13.1. The third kappa shape index (κ3) is 2.78. The summed E-state index contributed by atoms with van der Waals surface area (Å²) in [6, 6.07) is 12.2. The summed E-state index contributed by atoms with van der Waals surface area (Å²) in [6.45, 7) is 3.78. The molecule has 0 saturated heterocycles. The number of nitrogens with one attached hydrogen (secondary N) is 1. The lowest BCUT2D eigenvalue weighted by Crippen LogP contribution is -2.07. The summed E-state index contributed by atoms with van der Waals surface area (Å²) in [5.74, 6) is 0.646. The average Bonchev–Trinajstić information content (AvgIpc) is 2.91. The monoisotopic (exact) mass is 313 g/mol. The highest BCUT2D eigenvalue weighted by atomic mass is 32.1. The number of thiophene rings is 1. The molecule has 3 aromatic rings. The fraction of sp³-hybridized carbons (Fsp3) is 0.188. The van der Waals surface area contributed by atoms with Gasteiger partial charge in [0.15, 0.2) is 0 Å². The van der Waals surface area contributed by atoms with Crippen molar-refractivity contribution in [2.24, 2.45) is 0 Å². The van der Waals surface area contributed by atoms with Crippen LogP contribution in [0.1, 0.15) is 23.4 Å². The Kier molecular flexibility index (Phi) is 3.77. The molecule has 1 N–H and O–H groups in total. The van der Waals surface area contributed by atoms with E-state index in [1.807, 2.05) is 12.1 Å². The number of anilines is 1. The number of fused-ring (bicyclic) bond motifs is 1. The van der Waals surface area contributed by atoms with Crippen molar-refractivity contribution in [1.82, 2.24) is 4.98 Å². The number of hydrogen-bond donors (Lipinski definition) is 1. The van der Waals surface area contributed by atoms with E-state index in [0.29, 0.717) is 11.4 Å². The van der Waals surface area contributed by atoms with Gasteiger partial charge in [-0.25, -0.2) is 4.98 Å². The van der Waals surface area contributed by atoms with Crippen molar-refractivity contribution in [3.8, 4) is 0 Å². The van der Waals surface area contributed by atoms with Gasteiger partial charge in [-0.2, -0.15) is 0 Å². The quantitative estimate of drug-likeness (QED) is 0.560. The molecule has 0 bridgehead atoms. The Bertz CT molecular complexity index is 811. The minimum Gasteiger partial charge on any atom is -0.363 e. The van der Waals surface area contributed by atoms with Crippen LogP contribution in [0, 0.1) is 17.0 Å². The van der Waals surface area contributed by atoms with Crippen LogP contribution in [0.25, 0.3) is 10.1 Å². The second-order valence-electron chi connectivity index (χ2n) is 5.17. The normalized spacial score (nSPS) is 12.3. The Morgan fingerprint density at radius 3 is 2.77 bits per heavy atom. The van der Waals surface area contributed by atoms with Gasteiger partial charge in [0, 0.05) is 15.1 Å². The summed E-state index contributed by atoms with van der Waals surface area (Å²) in [5.41, 5.74) is 0.645. The number of hydrogen-bond acceptors (Lipinski definition) is 5. The Balaban J connectivity index is 1.83. The zero-order chi connectivity index (χ0) is 15.7. The van der Waals surface area contributed by atoms with Gasteiger partial charge in [0.05, 0.1) is 11.0 Å². The van der Waals surface area contributed by atoms with Gasteiger partial charge in [-0.15, -0.1) is 11.3 Å². The van der Waals surface area contributed by atoms with E-state index in [1.54, 1.807) is 24.3 Å². The largest absolute Gasteiger partial charge is 0.363 e. The first kappa shape index (κ1) is 14.5. The average molecular weight is 313 g/mol. The Morgan fingerprint density at radius 2 is 2.09 bits per heavy atom. The zero-order valence-electron chi connectivity index (χ0n) is 12.2. The minimum absolute atomic E-state index is 0.0417. The summed E-state index contributed by atoms with van der Waals surface area (Å²) in [7, 11) is 0. The van der Waals surface area contributed by atoms with Gasteiger partial charge < -0.3 is 5.32 Å². The lowest BCUT2D eigenvalue weighted by atomic mass is 10.2. The molecule has 1 atom stereocenters. The molecule has 0 aliphatic rings. The molecule has 0 saturated carbocycles. The summed E-state index contributed by atoms with van der Waals surface area (Å²) in [6.07, 6.45) is 1.30. The molecule has 1 aromatic carbocycles. The van der Waals surface area contributed by atoms with E-state index in [0.717, 1.165) is 0 Å². The van der Waals surface area contributed by atoms with Gasteiger partial charge in [-0.3, -0.25) is 10.1 Å². The number of rotatable bonds is 4. The molecule has 2 heterocycles. The molecule has 1 unspecified atom stereocenters. The highest BCUT2D eigenvalue weighted by Crippen LogP contribution is 2.31. The van der Waals surface area contributed by atoms with Crippen molar-refractivity contribution >= 4 is 32.9 Å². The molecule has 6 heteroatoms. The first-order valence-corrected chi connectivity index (χ1v) is 7.72. The van der Waals surface area contributed by atoms with Gasteiger partial charge >= 0.3 is 0 Å². The minimum atomic E-state index is -0.415. The maximum atomic E-state index is 10.8. The van der Waals surface area contributed by atoms with Crippen LogP contribution >= 0.6 is 11.3 Å². The highest BCUT2D eigenvalue weighted by Gasteiger charge is 2.14. The molecule has 0 amide bonds. The molecule has 0 radical (unpaired) electrons. The van der Waals surface area contributed by atoms with E-state index >= 15 is 0 Å². The first-order valence-electron chi connectivity index (χ1n) is 6.90. The standard InChI is InChI=1S/C16H15N3O2S/c1-10-7-16(17-9-13(10)19(20)21)18-11(2)15-8-12-5-3-4-6-14(12)22-15/h3-9,11H,1-2H3,(H,17,18). The van der Waals surface area contributed by atoms with E-state index in [2.05, 4.69) is 35.4 Å². The van der Waals surface area contributed by atoms with E-state index in [4.69, 9.17) is 0 Å². The lowest BCUT2D eigenvalue weighted by molar-refractivity contribution is -0.385. The van der Waals surface area contributed by atoms with E-state index in [9.17, 15) is 10.1 Å². The van der Waals surface area contributed by atoms with Crippen molar-refractivity contribution in [2.75, 3.05) is 5.32 Å². The van der Waals surface area contributed by atoms with Crippen molar-refractivity contribution in [1.29, 1.82) is 0 Å². The van der Waals surface area contributed by atoms with Crippen LogP contribution in [-0.2, 0) is 0 Å². The van der Waals surface area contributed by atoms with Crippen LogP contribution in [0.5, 0.6) is 0 Å². The second kappa shape index (κ2) is 5.73. The first-order chi connectivity index (χ1) is 10.5. The maximum Gasteiger partial charge on any atom is 0.290 e. The third-order valence-corrected chi connectivity index (χ3v) is 4.81. The van der Waals surface area contributed by atoms with Crippen LogP contribution in [0.3, 0.4) is 0 Å². The van der Waals surface area contributed by atoms with Gasteiger partial charge in [-0.1, -0.05) is 18.2 Å². The van der Waals surface area contributed by atoms with Crippen molar-refractivity contribution in [3.05, 3.63) is 63.1 Å². The topological polar surface area (TPSA) is 68.1 Å². The SMILES string of the molecule is Cc1cc(NC(C)c2cc3ccccc3s2)ncc1[N+](=O)[O-]. The van der Waals surface area contributed by atoms with Crippen LogP contribution in [0.4, 0.5) is 11.5 Å². The summed E-state index contributed by atoms with van der Waals surface area (Å²) in [5, 5.41) is 15.4. The number of nitrogens with zero attached hydrogens (tertiary/aromatic N) is 2. The Hall–Kier alpha value is -2.47. The van der Waals surface area contributed by atoms with Crippen LogP contribution < -0.4 is 5.32 Å².